The van der Waals surface area contributed by atoms with Gasteiger partial charge in [-0.1, -0.05) is 12.8 Å². The van der Waals surface area contributed by atoms with Crippen molar-refractivity contribution in [3.05, 3.63) is 27.4 Å². The van der Waals surface area contributed by atoms with Gasteiger partial charge in [-0.3, -0.25) is 14.4 Å². The summed E-state index contributed by atoms with van der Waals surface area (Å²) in [6, 6.07) is -0.153. The SMILES string of the molecule is O=C(C1CC1)N1CCc2c(nc([C@H]3CCCCN3C(=O)CC3CCCC3)[nH]c2=O)C1. The molecule has 7 heteroatoms. The van der Waals surface area contributed by atoms with Crippen LogP contribution >= 0.6 is 0 Å². The third kappa shape index (κ3) is 3.91. The molecular formula is C23H32N4O3. The van der Waals surface area contributed by atoms with E-state index in [-0.39, 0.29) is 29.3 Å². The summed E-state index contributed by atoms with van der Waals surface area (Å²) in [5.41, 5.74) is 1.34. The smallest absolute Gasteiger partial charge is 0.254 e. The molecule has 30 heavy (non-hydrogen) atoms. The van der Waals surface area contributed by atoms with Gasteiger partial charge in [0.1, 0.15) is 5.82 Å². The van der Waals surface area contributed by atoms with Gasteiger partial charge in [0.2, 0.25) is 11.8 Å². The number of carbonyl (C=O) groups excluding carboxylic acids is 2. The van der Waals surface area contributed by atoms with E-state index >= 15 is 0 Å². The Balaban J connectivity index is 1.37. The number of nitrogens with one attached hydrogen (secondary N) is 1. The van der Waals surface area contributed by atoms with Crippen LogP contribution in [0.1, 0.15) is 87.3 Å². The molecule has 2 saturated carbocycles. The highest BCUT2D eigenvalue weighted by Crippen LogP contribution is 2.34. The summed E-state index contributed by atoms with van der Waals surface area (Å²) < 4.78 is 0. The standard InChI is InChI=1S/C23H32N4O3/c28-20(13-15-5-1-2-6-15)27-11-4-3-7-19(27)21-24-18-14-26(23(30)16-8-9-16)12-10-17(18)22(29)25-21/h15-16,19H,1-14H2,(H,24,25,29)/t19-/m1/s1. The number of carbonyl (C=O) groups is 2. The minimum Gasteiger partial charge on any atom is -0.336 e. The van der Waals surface area contributed by atoms with E-state index in [1.54, 1.807) is 0 Å². The molecule has 4 aliphatic rings. The number of nitrogens with zero attached hydrogens (tertiary/aromatic N) is 3. The third-order valence-corrected chi connectivity index (χ3v) is 7.41. The lowest BCUT2D eigenvalue weighted by Gasteiger charge is -2.36. The molecule has 2 aliphatic carbocycles. The van der Waals surface area contributed by atoms with E-state index in [1.165, 1.54) is 12.8 Å². The monoisotopic (exact) mass is 412 g/mol. The Morgan fingerprint density at radius 3 is 2.53 bits per heavy atom. The maximum atomic E-state index is 13.1. The summed E-state index contributed by atoms with van der Waals surface area (Å²) in [5.74, 6) is 1.71. The Hall–Kier alpha value is -2.18. The summed E-state index contributed by atoms with van der Waals surface area (Å²) >= 11 is 0. The first kappa shape index (κ1) is 19.8. The normalized spacial score (nSPS) is 24.7. The predicted molar refractivity (Wildman–Crippen MR) is 112 cm³/mol. The van der Waals surface area contributed by atoms with E-state index in [9.17, 15) is 14.4 Å². The van der Waals surface area contributed by atoms with Gasteiger partial charge in [-0.2, -0.15) is 0 Å². The summed E-state index contributed by atoms with van der Waals surface area (Å²) in [7, 11) is 0. The van der Waals surface area contributed by atoms with Crippen LogP contribution in [-0.2, 0) is 22.6 Å². The van der Waals surface area contributed by atoms with Gasteiger partial charge in [0.25, 0.3) is 5.56 Å². The summed E-state index contributed by atoms with van der Waals surface area (Å²) in [6.07, 6.45) is 10.8. The molecule has 1 saturated heterocycles. The number of fused-ring (bicyclic) bond motifs is 1. The molecule has 3 fully saturated rings. The van der Waals surface area contributed by atoms with Crippen LogP contribution < -0.4 is 5.56 Å². The fourth-order valence-corrected chi connectivity index (χ4v) is 5.49. The van der Waals surface area contributed by atoms with Crippen molar-refractivity contribution in [1.82, 2.24) is 19.8 Å². The molecule has 0 unspecified atom stereocenters. The van der Waals surface area contributed by atoms with Crippen molar-refractivity contribution < 1.29 is 9.59 Å². The lowest BCUT2D eigenvalue weighted by atomic mass is 9.97. The first-order chi connectivity index (χ1) is 14.6. The quantitative estimate of drug-likeness (QED) is 0.824. The van der Waals surface area contributed by atoms with Gasteiger partial charge in [-0.05, 0) is 57.3 Å². The van der Waals surface area contributed by atoms with Crippen molar-refractivity contribution in [2.45, 2.75) is 83.2 Å². The molecule has 7 nitrogen and oxygen atoms in total. The Kier molecular flexibility index (Phi) is 5.37. The van der Waals surface area contributed by atoms with Crippen LogP contribution in [0.3, 0.4) is 0 Å². The van der Waals surface area contributed by atoms with Crippen molar-refractivity contribution in [3.63, 3.8) is 0 Å². The van der Waals surface area contributed by atoms with Gasteiger partial charge >= 0.3 is 0 Å². The molecular weight excluding hydrogens is 380 g/mol. The molecule has 5 rings (SSSR count). The zero-order valence-electron chi connectivity index (χ0n) is 17.7. The van der Waals surface area contributed by atoms with E-state index in [0.29, 0.717) is 43.2 Å². The van der Waals surface area contributed by atoms with E-state index in [1.807, 2.05) is 9.80 Å². The topological polar surface area (TPSA) is 86.4 Å². The minimum absolute atomic E-state index is 0.0951. The van der Waals surface area contributed by atoms with Gasteiger partial charge in [0.05, 0.1) is 18.3 Å². The van der Waals surface area contributed by atoms with Crippen LogP contribution in [-0.4, -0.2) is 44.7 Å². The molecule has 1 N–H and O–H groups in total. The van der Waals surface area contributed by atoms with Gasteiger partial charge in [-0.25, -0.2) is 4.98 Å². The molecule has 3 heterocycles. The Morgan fingerprint density at radius 2 is 1.77 bits per heavy atom. The fourth-order valence-electron chi connectivity index (χ4n) is 5.49. The first-order valence-corrected chi connectivity index (χ1v) is 11.8. The summed E-state index contributed by atoms with van der Waals surface area (Å²) in [5, 5.41) is 0. The second-order valence-corrected chi connectivity index (χ2v) is 9.61. The fraction of sp³-hybridized carbons (Fsp3) is 0.739. The molecule has 0 radical (unpaired) electrons. The van der Waals surface area contributed by atoms with Crippen LogP contribution in [0.15, 0.2) is 4.79 Å². The summed E-state index contributed by atoms with van der Waals surface area (Å²) in [6.45, 7) is 1.76. The number of rotatable bonds is 4. The molecule has 0 spiro atoms. The maximum absolute atomic E-state index is 13.1. The van der Waals surface area contributed by atoms with Crippen molar-refractivity contribution in [2.24, 2.45) is 11.8 Å². The second kappa shape index (κ2) is 8.16. The lowest BCUT2D eigenvalue weighted by Crippen LogP contribution is -2.43. The Morgan fingerprint density at radius 1 is 1.00 bits per heavy atom. The highest BCUT2D eigenvalue weighted by Gasteiger charge is 2.36. The van der Waals surface area contributed by atoms with Crippen molar-refractivity contribution >= 4 is 11.8 Å². The van der Waals surface area contributed by atoms with Crippen LogP contribution in [0.25, 0.3) is 0 Å². The number of likely N-dealkylation sites (tertiary alicyclic amines) is 1. The van der Waals surface area contributed by atoms with Gasteiger partial charge < -0.3 is 14.8 Å². The zero-order valence-corrected chi connectivity index (χ0v) is 17.7. The van der Waals surface area contributed by atoms with Gasteiger partial charge in [0, 0.05) is 31.0 Å². The predicted octanol–water partition coefficient (Wildman–Crippen LogP) is 2.70. The second-order valence-electron chi connectivity index (χ2n) is 9.61. The van der Waals surface area contributed by atoms with E-state index in [4.69, 9.17) is 4.98 Å². The molecule has 2 aliphatic heterocycles. The highest BCUT2D eigenvalue weighted by molar-refractivity contribution is 5.81. The number of hydrogen-bond donors (Lipinski definition) is 1. The maximum Gasteiger partial charge on any atom is 0.254 e. The highest BCUT2D eigenvalue weighted by atomic mass is 16.2. The molecule has 1 aromatic rings. The van der Waals surface area contributed by atoms with Crippen LogP contribution in [0.2, 0.25) is 0 Å². The van der Waals surface area contributed by atoms with Crippen molar-refractivity contribution in [3.8, 4) is 0 Å². The van der Waals surface area contributed by atoms with E-state index in [2.05, 4.69) is 4.98 Å². The number of aromatic nitrogens is 2. The number of aromatic amines is 1. The van der Waals surface area contributed by atoms with Crippen LogP contribution in [0, 0.1) is 11.8 Å². The number of amides is 2. The molecule has 1 atom stereocenters. The average Bonchev–Trinajstić information content (AvgIpc) is 3.49. The number of hydrogen-bond acceptors (Lipinski definition) is 4. The van der Waals surface area contributed by atoms with Gasteiger partial charge in [0.15, 0.2) is 0 Å². The summed E-state index contributed by atoms with van der Waals surface area (Å²) in [4.78, 5) is 50.0. The van der Waals surface area contributed by atoms with Gasteiger partial charge in [-0.15, -0.1) is 0 Å². The molecule has 2 amide bonds. The molecule has 0 aromatic carbocycles. The van der Waals surface area contributed by atoms with Crippen molar-refractivity contribution in [2.75, 3.05) is 13.1 Å². The largest absolute Gasteiger partial charge is 0.336 e. The molecule has 0 bridgehead atoms. The molecule has 1 aromatic heterocycles. The van der Waals surface area contributed by atoms with Crippen LogP contribution in [0.5, 0.6) is 0 Å². The number of H-pyrrole nitrogens is 1. The third-order valence-electron chi connectivity index (χ3n) is 7.41. The van der Waals surface area contributed by atoms with Crippen LogP contribution in [0.4, 0.5) is 0 Å². The van der Waals surface area contributed by atoms with E-state index < -0.39 is 0 Å². The zero-order chi connectivity index (χ0) is 20.7. The number of piperidine rings is 1. The van der Waals surface area contributed by atoms with E-state index in [0.717, 1.165) is 57.2 Å². The Bertz CT molecular complexity index is 885. The first-order valence-electron chi connectivity index (χ1n) is 11.8. The lowest BCUT2D eigenvalue weighted by molar-refractivity contribution is -0.136. The van der Waals surface area contributed by atoms with Crippen molar-refractivity contribution in [1.29, 1.82) is 0 Å². The average molecular weight is 413 g/mol. The minimum atomic E-state index is -0.153. The molecule has 162 valence electrons. The Labute approximate surface area is 177 Å².